The number of amides is 1. The summed E-state index contributed by atoms with van der Waals surface area (Å²) in [6, 6.07) is 2.89. The van der Waals surface area contributed by atoms with E-state index in [-0.39, 0.29) is 17.9 Å². The number of pyridine rings is 1. The molecule has 0 spiro atoms. The molecule has 15 heavy (non-hydrogen) atoms. The van der Waals surface area contributed by atoms with Crippen LogP contribution in [-0.2, 0) is 11.3 Å². The number of hydrogen-bond acceptors (Lipinski definition) is 2. The first-order chi connectivity index (χ1) is 7.22. The number of carbonyl (C=O) groups is 1. The molecule has 1 amide bonds. The smallest absolute Gasteiger partial charge is 0.239 e. The maximum Gasteiger partial charge on any atom is 0.239 e. The Balaban J connectivity index is 2.37. The van der Waals surface area contributed by atoms with Gasteiger partial charge >= 0.3 is 0 Å². The fraction of sp³-hybridized carbons (Fsp3) is 0.455. The maximum atomic E-state index is 11.4. The summed E-state index contributed by atoms with van der Waals surface area (Å²) in [7, 11) is 0. The highest BCUT2D eigenvalue weighted by molar-refractivity contribution is 5.75. The number of nitrogens with one attached hydrogen (secondary N) is 1. The van der Waals surface area contributed by atoms with Crippen molar-refractivity contribution >= 4 is 5.91 Å². The number of hydrogen-bond donors (Lipinski definition) is 1. The van der Waals surface area contributed by atoms with Gasteiger partial charge in [0.1, 0.15) is 6.54 Å². The summed E-state index contributed by atoms with van der Waals surface area (Å²) < 4.78 is 1.68. The van der Waals surface area contributed by atoms with Gasteiger partial charge in [0.05, 0.1) is 0 Å². The van der Waals surface area contributed by atoms with Gasteiger partial charge in [0, 0.05) is 31.1 Å². The molecule has 0 radical (unpaired) electrons. The van der Waals surface area contributed by atoms with Crippen LogP contribution in [0.3, 0.4) is 0 Å². The van der Waals surface area contributed by atoms with Gasteiger partial charge in [-0.3, -0.25) is 9.59 Å². The molecule has 0 fully saturated rings. The lowest BCUT2D eigenvalue weighted by atomic mass is 10.3. The highest BCUT2D eigenvalue weighted by Crippen LogP contribution is 1.86. The van der Waals surface area contributed by atoms with E-state index in [2.05, 4.69) is 12.2 Å². The molecule has 0 aromatic carbocycles. The van der Waals surface area contributed by atoms with Gasteiger partial charge in [-0.05, 0) is 6.42 Å². The SMILES string of the molecule is CCCCNC(=O)Cn1ccc(=O)cc1. The van der Waals surface area contributed by atoms with E-state index in [1.165, 1.54) is 12.1 Å². The van der Waals surface area contributed by atoms with E-state index in [0.717, 1.165) is 19.4 Å². The predicted octanol–water partition coefficient (Wildman–Crippen LogP) is 0.765. The Morgan fingerprint density at radius 1 is 1.40 bits per heavy atom. The van der Waals surface area contributed by atoms with E-state index in [1.54, 1.807) is 17.0 Å². The molecule has 0 unspecified atom stereocenters. The Hall–Kier alpha value is -1.58. The van der Waals surface area contributed by atoms with Crippen molar-refractivity contribution in [1.29, 1.82) is 0 Å². The van der Waals surface area contributed by atoms with Crippen LogP contribution in [0, 0.1) is 0 Å². The summed E-state index contributed by atoms with van der Waals surface area (Å²) in [5, 5.41) is 2.81. The molecule has 0 atom stereocenters. The Morgan fingerprint density at radius 2 is 2.07 bits per heavy atom. The second-order valence-corrected chi connectivity index (χ2v) is 3.41. The summed E-state index contributed by atoms with van der Waals surface area (Å²) in [6.45, 7) is 3.06. The van der Waals surface area contributed by atoms with E-state index in [9.17, 15) is 9.59 Å². The van der Waals surface area contributed by atoms with E-state index in [1.807, 2.05) is 0 Å². The Morgan fingerprint density at radius 3 is 2.67 bits per heavy atom. The normalized spacial score (nSPS) is 9.93. The molecule has 0 aliphatic heterocycles. The number of carbonyl (C=O) groups excluding carboxylic acids is 1. The van der Waals surface area contributed by atoms with Crippen molar-refractivity contribution in [3.63, 3.8) is 0 Å². The van der Waals surface area contributed by atoms with Crippen LogP contribution >= 0.6 is 0 Å². The molecule has 0 bridgehead atoms. The van der Waals surface area contributed by atoms with Crippen molar-refractivity contribution in [2.45, 2.75) is 26.3 Å². The van der Waals surface area contributed by atoms with E-state index < -0.39 is 0 Å². The van der Waals surface area contributed by atoms with Gasteiger partial charge < -0.3 is 9.88 Å². The van der Waals surface area contributed by atoms with Crippen LogP contribution in [0.1, 0.15) is 19.8 Å². The number of rotatable bonds is 5. The summed E-state index contributed by atoms with van der Waals surface area (Å²) >= 11 is 0. The first-order valence-corrected chi connectivity index (χ1v) is 5.15. The molecular formula is C11H16N2O2. The van der Waals surface area contributed by atoms with E-state index in [0.29, 0.717) is 0 Å². The van der Waals surface area contributed by atoms with Crippen molar-refractivity contribution in [3.8, 4) is 0 Å². The van der Waals surface area contributed by atoms with E-state index in [4.69, 9.17) is 0 Å². The topological polar surface area (TPSA) is 51.1 Å². The van der Waals surface area contributed by atoms with E-state index >= 15 is 0 Å². The van der Waals surface area contributed by atoms with Crippen LogP contribution < -0.4 is 10.7 Å². The summed E-state index contributed by atoms with van der Waals surface area (Å²) in [5.74, 6) is -0.0212. The van der Waals surface area contributed by atoms with Gasteiger partial charge in [-0.15, -0.1) is 0 Å². The third-order valence-corrected chi connectivity index (χ3v) is 2.04. The minimum Gasteiger partial charge on any atom is -0.355 e. The summed E-state index contributed by atoms with van der Waals surface area (Å²) in [5.41, 5.74) is -0.0439. The van der Waals surface area contributed by atoms with Crippen LogP contribution in [0.4, 0.5) is 0 Å². The average molecular weight is 208 g/mol. The molecule has 1 heterocycles. The fourth-order valence-electron chi connectivity index (χ4n) is 1.18. The molecule has 1 aromatic heterocycles. The number of nitrogens with zero attached hydrogens (tertiary/aromatic N) is 1. The third kappa shape index (κ3) is 4.44. The third-order valence-electron chi connectivity index (χ3n) is 2.04. The van der Waals surface area contributed by atoms with Crippen molar-refractivity contribution in [2.75, 3.05) is 6.54 Å². The molecule has 1 rings (SSSR count). The van der Waals surface area contributed by atoms with Gasteiger partial charge in [-0.1, -0.05) is 13.3 Å². The summed E-state index contributed by atoms with van der Waals surface area (Å²) in [6.07, 6.45) is 5.29. The number of aromatic nitrogens is 1. The minimum atomic E-state index is -0.0439. The molecule has 4 heteroatoms. The summed E-state index contributed by atoms with van der Waals surface area (Å²) in [4.78, 5) is 22.2. The first-order valence-electron chi connectivity index (χ1n) is 5.15. The molecule has 4 nitrogen and oxygen atoms in total. The highest BCUT2D eigenvalue weighted by atomic mass is 16.2. The second kappa shape index (κ2) is 6.01. The molecule has 1 aromatic rings. The first kappa shape index (κ1) is 11.5. The molecule has 82 valence electrons. The minimum absolute atomic E-state index is 0.0212. The zero-order chi connectivity index (χ0) is 11.1. The molecule has 0 saturated heterocycles. The zero-order valence-electron chi connectivity index (χ0n) is 8.90. The van der Waals surface area contributed by atoms with Crippen LogP contribution in [0.5, 0.6) is 0 Å². The molecule has 0 saturated carbocycles. The average Bonchev–Trinajstić information content (AvgIpc) is 2.22. The Bertz CT molecular complexity index is 351. The second-order valence-electron chi connectivity index (χ2n) is 3.41. The molecule has 0 aliphatic carbocycles. The standard InChI is InChI=1S/C11H16N2O2/c1-2-3-6-12-11(15)9-13-7-4-10(14)5-8-13/h4-5,7-8H,2-3,6,9H2,1H3,(H,12,15). The van der Waals surface area contributed by atoms with Crippen molar-refractivity contribution in [1.82, 2.24) is 9.88 Å². The zero-order valence-corrected chi connectivity index (χ0v) is 8.90. The predicted molar refractivity (Wildman–Crippen MR) is 58.6 cm³/mol. The lowest BCUT2D eigenvalue weighted by Gasteiger charge is -2.06. The fourth-order valence-corrected chi connectivity index (χ4v) is 1.18. The van der Waals surface area contributed by atoms with Gasteiger partial charge in [0.2, 0.25) is 5.91 Å². The Kier molecular flexibility index (Phi) is 4.60. The van der Waals surface area contributed by atoms with Crippen LogP contribution in [0.25, 0.3) is 0 Å². The maximum absolute atomic E-state index is 11.4. The van der Waals surface area contributed by atoms with Gasteiger partial charge in [0.25, 0.3) is 0 Å². The molecule has 0 aliphatic rings. The van der Waals surface area contributed by atoms with Gasteiger partial charge in [0.15, 0.2) is 5.43 Å². The van der Waals surface area contributed by atoms with Crippen molar-refractivity contribution < 1.29 is 4.79 Å². The molecule has 1 N–H and O–H groups in total. The monoisotopic (exact) mass is 208 g/mol. The van der Waals surface area contributed by atoms with Gasteiger partial charge in [-0.2, -0.15) is 0 Å². The Labute approximate surface area is 88.9 Å². The number of unbranched alkanes of at least 4 members (excludes halogenated alkanes) is 1. The van der Waals surface area contributed by atoms with Crippen molar-refractivity contribution in [2.24, 2.45) is 0 Å². The molecular weight excluding hydrogens is 192 g/mol. The quantitative estimate of drug-likeness (QED) is 0.726. The lowest BCUT2D eigenvalue weighted by Crippen LogP contribution is -2.28. The van der Waals surface area contributed by atoms with Crippen LogP contribution in [0.15, 0.2) is 29.3 Å². The largest absolute Gasteiger partial charge is 0.355 e. The van der Waals surface area contributed by atoms with Gasteiger partial charge in [-0.25, -0.2) is 0 Å². The van der Waals surface area contributed by atoms with Crippen LogP contribution in [0.2, 0.25) is 0 Å². The van der Waals surface area contributed by atoms with Crippen LogP contribution in [-0.4, -0.2) is 17.0 Å². The lowest BCUT2D eigenvalue weighted by molar-refractivity contribution is -0.121. The van der Waals surface area contributed by atoms with Crippen molar-refractivity contribution in [3.05, 3.63) is 34.7 Å². The highest BCUT2D eigenvalue weighted by Gasteiger charge is 1.99.